The van der Waals surface area contributed by atoms with Crippen molar-refractivity contribution in [1.82, 2.24) is 5.32 Å². The average molecular weight is 217 g/mol. The van der Waals surface area contributed by atoms with Gasteiger partial charge in [0.15, 0.2) is 0 Å². The van der Waals surface area contributed by atoms with Gasteiger partial charge in [-0.15, -0.1) is 0 Å². The average Bonchev–Trinajstić information content (AvgIpc) is 2.39. The topological polar surface area (TPSA) is 21.3 Å². The second kappa shape index (κ2) is 4.56. The molecule has 1 saturated carbocycles. The van der Waals surface area contributed by atoms with Gasteiger partial charge in [0.2, 0.25) is 0 Å². The zero-order valence-corrected chi connectivity index (χ0v) is 9.56. The number of fused-ring (bicyclic) bond motifs is 1. The third kappa shape index (κ3) is 2.00. The Hall–Kier alpha value is -0.860. The Labute approximate surface area is 97.0 Å². The Morgan fingerprint density at radius 1 is 1.06 bits per heavy atom. The van der Waals surface area contributed by atoms with Crippen molar-refractivity contribution in [3.05, 3.63) is 35.9 Å². The highest BCUT2D eigenvalue weighted by Gasteiger charge is 2.32. The number of hydrogen-bond acceptors (Lipinski definition) is 2. The molecule has 1 aliphatic carbocycles. The van der Waals surface area contributed by atoms with Crippen molar-refractivity contribution >= 4 is 0 Å². The Bertz CT molecular complexity index is 338. The molecule has 2 aliphatic rings. The van der Waals surface area contributed by atoms with Crippen LogP contribution in [0.3, 0.4) is 0 Å². The Morgan fingerprint density at radius 3 is 2.75 bits per heavy atom. The van der Waals surface area contributed by atoms with Crippen LogP contribution in [-0.4, -0.2) is 12.6 Å². The Morgan fingerprint density at radius 2 is 1.88 bits per heavy atom. The molecule has 3 rings (SSSR count). The van der Waals surface area contributed by atoms with Crippen molar-refractivity contribution in [2.45, 2.75) is 38.0 Å². The lowest BCUT2D eigenvalue weighted by Crippen LogP contribution is -2.45. The maximum Gasteiger partial charge on any atom is 0.134 e. The van der Waals surface area contributed by atoms with E-state index in [4.69, 9.17) is 4.74 Å². The zero-order chi connectivity index (χ0) is 10.8. The van der Waals surface area contributed by atoms with Crippen LogP contribution >= 0.6 is 0 Å². The van der Waals surface area contributed by atoms with Gasteiger partial charge in [0.1, 0.15) is 6.23 Å². The van der Waals surface area contributed by atoms with E-state index in [2.05, 4.69) is 35.6 Å². The SMILES string of the molecule is c1ccc(C2NC[C@H]3CCCC[C@@H]3O2)cc1. The third-order valence-electron chi connectivity index (χ3n) is 3.82. The van der Waals surface area contributed by atoms with Crippen molar-refractivity contribution in [1.29, 1.82) is 0 Å². The molecule has 1 aromatic carbocycles. The fourth-order valence-corrected chi connectivity index (χ4v) is 2.89. The van der Waals surface area contributed by atoms with E-state index in [1.165, 1.54) is 31.2 Å². The van der Waals surface area contributed by atoms with Gasteiger partial charge in [-0.2, -0.15) is 0 Å². The quantitative estimate of drug-likeness (QED) is 0.781. The predicted octanol–water partition coefficient (Wildman–Crippen LogP) is 2.86. The molecule has 0 amide bonds. The Kier molecular flexibility index (Phi) is 2.94. The lowest BCUT2D eigenvalue weighted by atomic mass is 9.85. The monoisotopic (exact) mass is 217 g/mol. The molecule has 3 atom stereocenters. The van der Waals surface area contributed by atoms with E-state index in [0.29, 0.717) is 6.10 Å². The minimum Gasteiger partial charge on any atom is -0.356 e. The molecule has 1 unspecified atom stereocenters. The normalized spacial score (nSPS) is 34.4. The number of nitrogens with one attached hydrogen (secondary N) is 1. The fraction of sp³-hybridized carbons (Fsp3) is 0.571. The van der Waals surface area contributed by atoms with Gasteiger partial charge in [-0.1, -0.05) is 43.2 Å². The van der Waals surface area contributed by atoms with E-state index in [1.807, 2.05) is 0 Å². The van der Waals surface area contributed by atoms with Gasteiger partial charge in [0, 0.05) is 6.54 Å². The lowest BCUT2D eigenvalue weighted by Gasteiger charge is -2.40. The molecule has 1 N–H and O–H groups in total. The summed E-state index contributed by atoms with van der Waals surface area (Å²) in [4.78, 5) is 0. The summed E-state index contributed by atoms with van der Waals surface area (Å²) in [5.74, 6) is 0.744. The van der Waals surface area contributed by atoms with Crippen molar-refractivity contribution < 1.29 is 4.74 Å². The van der Waals surface area contributed by atoms with Crippen LogP contribution < -0.4 is 5.32 Å². The number of rotatable bonds is 1. The molecule has 0 spiro atoms. The molecule has 1 aromatic rings. The summed E-state index contributed by atoms with van der Waals surface area (Å²) in [6, 6.07) is 10.5. The number of hydrogen-bond donors (Lipinski definition) is 1. The van der Waals surface area contributed by atoms with Gasteiger partial charge in [-0.25, -0.2) is 0 Å². The smallest absolute Gasteiger partial charge is 0.134 e. The van der Waals surface area contributed by atoms with E-state index in [-0.39, 0.29) is 6.23 Å². The first-order valence-electron chi connectivity index (χ1n) is 6.37. The van der Waals surface area contributed by atoms with E-state index < -0.39 is 0 Å². The summed E-state index contributed by atoms with van der Waals surface area (Å²) in [5, 5.41) is 3.51. The lowest BCUT2D eigenvalue weighted by molar-refractivity contribution is -0.109. The molecule has 2 nitrogen and oxygen atoms in total. The van der Waals surface area contributed by atoms with Crippen molar-refractivity contribution in [2.24, 2.45) is 5.92 Å². The highest BCUT2D eigenvalue weighted by molar-refractivity contribution is 5.17. The number of ether oxygens (including phenoxy) is 1. The summed E-state index contributed by atoms with van der Waals surface area (Å²) in [6.45, 7) is 1.12. The van der Waals surface area contributed by atoms with E-state index in [1.54, 1.807) is 0 Å². The molecule has 16 heavy (non-hydrogen) atoms. The van der Waals surface area contributed by atoms with E-state index >= 15 is 0 Å². The first-order chi connectivity index (χ1) is 7.93. The van der Waals surface area contributed by atoms with Gasteiger partial charge in [0.25, 0.3) is 0 Å². The second-order valence-electron chi connectivity index (χ2n) is 4.92. The molecule has 0 aromatic heterocycles. The summed E-state index contributed by atoms with van der Waals surface area (Å²) in [5.41, 5.74) is 1.26. The molecule has 2 fully saturated rings. The van der Waals surface area contributed by atoms with Crippen LogP contribution in [0.1, 0.15) is 37.5 Å². The van der Waals surface area contributed by atoms with Gasteiger partial charge in [0.05, 0.1) is 6.10 Å². The Balaban J connectivity index is 1.71. The number of benzene rings is 1. The standard InChI is InChI=1S/C14H19NO/c1-2-6-11(7-3-1)14-15-10-12-8-4-5-9-13(12)16-14/h1-3,6-7,12-15H,4-5,8-10H2/t12-,13+,14?/m1/s1. The molecular weight excluding hydrogens is 198 g/mol. The molecule has 1 aliphatic heterocycles. The predicted molar refractivity (Wildman–Crippen MR) is 64.0 cm³/mol. The minimum absolute atomic E-state index is 0.112. The minimum atomic E-state index is 0.112. The molecule has 2 heteroatoms. The second-order valence-corrected chi connectivity index (χ2v) is 4.92. The van der Waals surface area contributed by atoms with Crippen molar-refractivity contribution in [3.63, 3.8) is 0 Å². The van der Waals surface area contributed by atoms with Crippen LogP contribution in [0.4, 0.5) is 0 Å². The van der Waals surface area contributed by atoms with Crippen molar-refractivity contribution in [2.75, 3.05) is 6.54 Å². The maximum atomic E-state index is 6.17. The van der Waals surface area contributed by atoms with Crippen LogP contribution in [0.25, 0.3) is 0 Å². The molecular formula is C14H19NO. The summed E-state index contributed by atoms with van der Waals surface area (Å²) >= 11 is 0. The molecule has 1 saturated heterocycles. The summed E-state index contributed by atoms with van der Waals surface area (Å²) in [7, 11) is 0. The molecule has 0 radical (unpaired) electrons. The van der Waals surface area contributed by atoms with E-state index in [9.17, 15) is 0 Å². The molecule has 0 bridgehead atoms. The molecule has 86 valence electrons. The van der Waals surface area contributed by atoms with E-state index in [0.717, 1.165) is 12.5 Å². The molecule has 1 heterocycles. The first kappa shape index (κ1) is 10.3. The van der Waals surface area contributed by atoms with Gasteiger partial charge in [-0.3, -0.25) is 5.32 Å². The van der Waals surface area contributed by atoms with Crippen LogP contribution in [0, 0.1) is 5.92 Å². The highest BCUT2D eigenvalue weighted by Crippen LogP contribution is 2.33. The van der Waals surface area contributed by atoms with Crippen LogP contribution in [-0.2, 0) is 4.74 Å². The summed E-state index contributed by atoms with van der Waals surface area (Å²) in [6.07, 6.45) is 5.89. The van der Waals surface area contributed by atoms with Crippen LogP contribution in [0.5, 0.6) is 0 Å². The first-order valence-corrected chi connectivity index (χ1v) is 6.37. The third-order valence-corrected chi connectivity index (χ3v) is 3.82. The van der Waals surface area contributed by atoms with Crippen LogP contribution in [0.15, 0.2) is 30.3 Å². The zero-order valence-electron chi connectivity index (χ0n) is 9.56. The van der Waals surface area contributed by atoms with Crippen LogP contribution in [0.2, 0.25) is 0 Å². The van der Waals surface area contributed by atoms with Gasteiger partial charge in [-0.05, 0) is 24.3 Å². The maximum absolute atomic E-state index is 6.17. The van der Waals surface area contributed by atoms with Gasteiger partial charge >= 0.3 is 0 Å². The highest BCUT2D eigenvalue weighted by atomic mass is 16.5. The fourth-order valence-electron chi connectivity index (χ4n) is 2.89. The van der Waals surface area contributed by atoms with Gasteiger partial charge < -0.3 is 4.74 Å². The summed E-state index contributed by atoms with van der Waals surface area (Å²) < 4.78 is 6.17. The van der Waals surface area contributed by atoms with Crippen molar-refractivity contribution in [3.8, 4) is 0 Å². The largest absolute Gasteiger partial charge is 0.356 e.